The molecule has 0 aliphatic heterocycles. The Morgan fingerprint density at radius 1 is 0.565 bits per heavy atom. The highest BCUT2D eigenvalue weighted by molar-refractivity contribution is 5.22. The van der Waals surface area contributed by atoms with E-state index in [1.165, 1.54) is 35.1 Å². The number of aryl methyl sites for hydroxylation is 4. The van der Waals surface area contributed by atoms with E-state index >= 15 is 0 Å². The molecule has 0 aliphatic rings. The highest BCUT2D eigenvalue weighted by Gasteiger charge is 1.96. The molecule has 0 atom stereocenters. The molecule has 23 heavy (non-hydrogen) atoms. The summed E-state index contributed by atoms with van der Waals surface area (Å²) >= 11 is 0. The molecule has 0 radical (unpaired) electrons. The first-order valence-corrected chi connectivity index (χ1v) is 8.93. The van der Waals surface area contributed by atoms with Gasteiger partial charge in [-0.15, -0.1) is 0 Å². The van der Waals surface area contributed by atoms with Crippen molar-refractivity contribution < 1.29 is 4.74 Å². The Hall–Kier alpha value is -1.60. The zero-order chi connectivity index (χ0) is 16.3. The lowest BCUT2D eigenvalue weighted by molar-refractivity contribution is 0.127. The second-order valence-corrected chi connectivity index (χ2v) is 6.50. The topological polar surface area (TPSA) is 9.23 Å². The zero-order valence-corrected chi connectivity index (χ0v) is 14.7. The normalized spacial score (nSPS) is 10.9. The number of hydrogen-bond donors (Lipinski definition) is 0. The second kappa shape index (κ2) is 10.2. The van der Waals surface area contributed by atoms with Gasteiger partial charge in [0.05, 0.1) is 0 Å². The molecule has 0 spiro atoms. The summed E-state index contributed by atoms with van der Waals surface area (Å²) in [6.07, 6.45) is 7.07. The van der Waals surface area contributed by atoms with E-state index in [-0.39, 0.29) is 0 Å². The van der Waals surface area contributed by atoms with Gasteiger partial charge in [0.15, 0.2) is 0 Å². The van der Waals surface area contributed by atoms with Gasteiger partial charge in [-0.3, -0.25) is 0 Å². The molecule has 0 N–H and O–H groups in total. The SMILES string of the molecule is Cc1ccc(CCCCOCCCCc2ccc(C)cc2)cc1. The maximum atomic E-state index is 5.75. The Morgan fingerprint density at radius 3 is 1.35 bits per heavy atom. The quantitative estimate of drug-likeness (QED) is 0.514. The Bertz CT molecular complexity index is 488. The fourth-order valence-corrected chi connectivity index (χ4v) is 2.68. The molecule has 0 fully saturated rings. The molecule has 0 saturated heterocycles. The number of benzene rings is 2. The van der Waals surface area contributed by atoms with E-state index in [4.69, 9.17) is 4.74 Å². The third-order valence-electron chi connectivity index (χ3n) is 4.25. The van der Waals surface area contributed by atoms with Crippen LogP contribution in [-0.4, -0.2) is 13.2 Å². The van der Waals surface area contributed by atoms with Crippen molar-refractivity contribution in [3.63, 3.8) is 0 Å². The van der Waals surface area contributed by atoms with Crippen LogP contribution in [0.15, 0.2) is 48.5 Å². The highest BCUT2D eigenvalue weighted by atomic mass is 16.5. The van der Waals surface area contributed by atoms with Gasteiger partial charge in [-0.05, 0) is 63.5 Å². The minimum atomic E-state index is 0.899. The van der Waals surface area contributed by atoms with Crippen LogP contribution in [0.5, 0.6) is 0 Å². The summed E-state index contributed by atoms with van der Waals surface area (Å²) in [5.41, 5.74) is 5.55. The smallest absolute Gasteiger partial charge is 0.0466 e. The van der Waals surface area contributed by atoms with Gasteiger partial charge in [-0.2, -0.15) is 0 Å². The molecule has 0 bridgehead atoms. The predicted octanol–water partition coefficient (Wildman–Crippen LogP) is 5.67. The van der Waals surface area contributed by atoms with Crippen molar-refractivity contribution in [3.05, 3.63) is 70.8 Å². The molecule has 0 amide bonds. The van der Waals surface area contributed by atoms with Crippen LogP contribution in [0.2, 0.25) is 0 Å². The van der Waals surface area contributed by atoms with Crippen molar-refractivity contribution in [3.8, 4) is 0 Å². The van der Waals surface area contributed by atoms with Crippen LogP contribution < -0.4 is 0 Å². The molecular formula is C22H30O. The van der Waals surface area contributed by atoms with Crippen molar-refractivity contribution in [2.45, 2.75) is 52.4 Å². The van der Waals surface area contributed by atoms with Crippen molar-refractivity contribution in [1.29, 1.82) is 0 Å². The predicted molar refractivity (Wildman–Crippen MR) is 99.1 cm³/mol. The lowest BCUT2D eigenvalue weighted by atomic mass is 10.1. The molecule has 124 valence electrons. The van der Waals surface area contributed by atoms with E-state index in [0.29, 0.717) is 0 Å². The maximum Gasteiger partial charge on any atom is 0.0466 e. The number of unbranched alkanes of at least 4 members (excludes halogenated alkanes) is 2. The van der Waals surface area contributed by atoms with Crippen LogP contribution in [0.3, 0.4) is 0 Å². The summed E-state index contributed by atoms with van der Waals surface area (Å²) in [6, 6.07) is 17.7. The Kier molecular flexibility index (Phi) is 7.89. The van der Waals surface area contributed by atoms with E-state index in [2.05, 4.69) is 62.4 Å². The van der Waals surface area contributed by atoms with Gasteiger partial charge in [-0.1, -0.05) is 59.7 Å². The van der Waals surface area contributed by atoms with Crippen LogP contribution in [-0.2, 0) is 17.6 Å². The summed E-state index contributed by atoms with van der Waals surface area (Å²) in [5, 5.41) is 0. The third kappa shape index (κ3) is 7.47. The van der Waals surface area contributed by atoms with E-state index in [0.717, 1.165) is 38.9 Å². The highest BCUT2D eigenvalue weighted by Crippen LogP contribution is 2.09. The van der Waals surface area contributed by atoms with Crippen molar-refractivity contribution in [2.24, 2.45) is 0 Å². The van der Waals surface area contributed by atoms with E-state index in [1.807, 2.05) is 0 Å². The van der Waals surface area contributed by atoms with Gasteiger partial charge in [0, 0.05) is 13.2 Å². The van der Waals surface area contributed by atoms with E-state index in [9.17, 15) is 0 Å². The average molecular weight is 310 g/mol. The molecular weight excluding hydrogens is 280 g/mol. The van der Waals surface area contributed by atoms with Crippen molar-refractivity contribution in [2.75, 3.05) is 13.2 Å². The fourth-order valence-electron chi connectivity index (χ4n) is 2.68. The van der Waals surface area contributed by atoms with Gasteiger partial charge in [0.2, 0.25) is 0 Å². The number of ether oxygens (including phenoxy) is 1. The maximum absolute atomic E-state index is 5.75. The monoisotopic (exact) mass is 310 g/mol. The van der Waals surface area contributed by atoms with Crippen molar-refractivity contribution >= 4 is 0 Å². The van der Waals surface area contributed by atoms with Gasteiger partial charge in [0.25, 0.3) is 0 Å². The van der Waals surface area contributed by atoms with Gasteiger partial charge >= 0.3 is 0 Å². The third-order valence-corrected chi connectivity index (χ3v) is 4.25. The van der Waals surface area contributed by atoms with E-state index < -0.39 is 0 Å². The molecule has 0 aliphatic carbocycles. The molecule has 2 rings (SSSR count). The molecule has 2 aromatic rings. The molecule has 0 aromatic heterocycles. The summed E-state index contributed by atoms with van der Waals surface area (Å²) in [6.45, 7) is 6.07. The van der Waals surface area contributed by atoms with Crippen LogP contribution >= 0.6 is 0 Å². The summed E-state index contributed by atoms with van der Waals surface area (Å²) < 4.78 is 5.75. The van der Waals surface area contributed by atoms with Crippen LogP contribution in [0, 0.1) is 13.8 Å². The lowest BCUT2D eigenvalue weighted by Crippen LogP contribution is -1.99. The zero-order valence-electron chi connectivity index (χ0n) is 14.7. The first-order valence-electron chi connectivity index (χ1n) is 8.93. The first-order chi connectivity index (χ1) is 11.2. The Balaban J connectivity index is 1.43. The largest absolute Gasteiger partial charge is 0.381 e. The van der Waals surface area contributed by atoms with Crippen LogP contribution in [0.25, 0.3) is 0 Å². The molecule has 2 aromatic carbocycles. The van der Waals surface area contributed by atoms with Crippen LogP contribution in [0.4, 0.5) is 0 Å². The first kappa shape index (κ1) is 17.7. The van der Waals surface area contributed by atoms with Gasteiger partial charge in [0.1, 0.15) is 0 Å². The Labute approximate surface area is 141 Å². The lowest BCUT2D eigenvalue weighted by Gasteiger charge is -2.05. The fraction of sp³-hybridized carbons (Fsp3) is 0.455. The van der Waals surface area contributed by atoms with Crippen LogP contribution in [0.1, 0.15) is 47.9 Å². The number of hydrogen-bond acceptors (Lipinski definition) is 1. The summed E-state index contributed by atoms with van der Waals surface area (Å²) in [5.74, 6) is 0. The molecule has 1 heteroatoms. The van der Waals surface area contributed by atoms with Gasteiger partial charge < -0.3 is 4.74 Å². The van der Waals surface area contributed by atoms with Gasteiger partial charge in [-0.25, -0.2) is 0 Å². The molecule has 1 nitrogen and oxygen atoms in total. The molecule has 0 saturated carbocycles. The van der Waals surface area contributed by atoms with E-state index in [1.54, 1.807) is 0 Å². The minimum Gasteiger partial charge on any atom is -0.381 e. The second-order valence-electron chi connectivity index (χ2n) is 6.50. The number of rotatable bonds is 10. The standard InChI is InChI=1S/C22H30O/c1-19-9-13-21(14-10-19)7-3-5-17-23-18-6-4-8-22-15-11-20(2)12-16-22/h9-16H,3-8,17-18H2,1-2H3. The Morgan fingerprint density at radius 2 is 0.957 bits per heavy atom. The van der Waals surface area contributed by atoms with Crippen molar-refractivity contribution in [1.82, 2.24) is 0 Å². The minimum absolute atomic E-state index is 0.899. The molecule has 0 heterocycles. The average Bonchev–Trinajstić information content (AvgIpc) is 2.56. The molecule has 0 unspecified atom stereocenters. The summed E-state index contributed by atoms with van der Waals surface area (Å²) in [7, 11) is 0. The summed E-state index contributed by atoms with van der Waals surface area (Å²) in [4.78, 5) is 0.